The number of nitrogens with zero attached hydrogens (tertiary/aromatic N) is 6. The fourth-order valence-corrected chi connectivity index (χ4v) is 3.93. The van der Waals surface area contributed by atoms with Gasteiger partial charge in [0.05, 0.1) is 37.3 Å². The summed E-state index contributed by atoms with van der Waals surface area (Å²) in [6.07, 6.45) is 6.67. The molecule has 8 nitrogen and oxygen atoms in total. The third-order valence-electron chi connectivity index (χ3n) is 5.26. The predicted molar refractivity (Wildman–Crippen MR) is 96.0 cm³/mol. The van der Waals surface area contributed by atoms with Crippen molar-refractivity contribution in [3.8, 4) is 5.88 Å². The number of methoxy groups -OCH3 is 1. The summed E-state index contributed by atoms with van der Waals surface area (Å²) in [5.41, 5.74) is 1.96. The van der Waals surface area contributed by atoms with Gasteiger partial charge in [-0.2, -0.15) is 0 Å². The van der Waals surface area contributed by atoms with Gasteiger partial charge in [0.25, 0.3) is 0 Å². The first-order valence-corrected chi connectivity index (χ1v) is 9.07. The lowest BCUT2D eigenvalue weighted by molar-refractivity contribution is -0.133. The smallest absolute Gasteiger partial charge is 0.233 e. The zero-order valence-electron chi connectivity index (χ0n) is 15.3. The van der Waals surface area contributed by atoms with E-state index < -0.39 is 0 Å². The number of anilines is 1. The van der Waals surface area contributed by atoms with E-state index in [9.17, 15) is 4.79 Å². The molecule has 2 aliphatic rings. The van der Waals surface area contributed by atoms with Crippen molar-refractivity contribution in [3.63, 3.8) is 0 Å². The van der Waals surface area contributed by atoms with Gasteiger partial charge in [-0.25, -0.2) is 15.0 Å². The van der Waals surface area contributed by atoms with E-state index in [2.05, 4.69) is 19.9 Å². The molecule has 0 N–H and O–H groups in total. The number of fused-ring (bicyclic) bond motifs is 1. The number of hydrogen-bond acceptors (Lipinski definition) is 6. The molecule has 26 heavy (non-hydrogen) atoms. The molecular formula is C18H24N6O2. The molecule has 8 heteroatoms. The number of rotatable bonds is 3. The Morgan fingerprint density at radius 3 is 2.77 bits per heavy atom. The molecular weight excluding hydrogens is 332 g/mol. The minimum atomic E-state index is -0.231. The Bertz CT molecular complexity index is 799. The van der Waals surface area contributed by atoms with E-state index in [-0.39, 0.29) is 11.8 Å². The number of hydrogen-bond donors (Lipinski definition) is 0. The van der Waals surface area contributed by atoms with Gasteiger partial charge < -0.3 is 19.1 Å². The molecule has 2 aliphatic heterocycles. The van der Waals surface area contributed by atoms with Crippen molar-refractivity contribution in [3.05, 3.63) is 30.1 Å². The second-order valence-electron chi connectivity index (χ2n) is 6.93. The van der Waals surface area contributed by atoms with E-state index in [0.29, 0.717) is 19.0 Å². The number of carbonyl (C=O) groups excluding carboxylic acids is 1. The molecule has 0 aromatic carbocycles. The van der Waals surface area contributed by atoms with E-state index in [1.54, 1.807) is 19.5 Å². The molecule has 0 bridgehead atoms. The van der Waals surface area contributed by atoms with Gasteiger partial charge in [0, 0.05) is 32.7 Å². The average molecular weight is 356 g/mol. The van der Waals surface area contributed by atoms with Crippen LogP contribution in [0.5, 0.6) is 5.88 Å². The zero-order chi connectivity index (χ0) is 18.1. The molecule has 0 saturated carbocycles. The fourth-order valence-electron chi connectivity index (χ4n) is 3.93. The van der Waals surface area contributed by atoms with Crippen LogP contribution >= 0.6 is 0 Å². The van der Waals surface area contributed by atoms with Crippen LogP contribution in [0.3, 0.4) is 0 Å². The van der Waals surface area contributed by atoms with Crippen LogP contribution in [0.15, 0.2) is 18.7 Å². The van der Waals surface area contributed by atoms with Crippen LogP contribution in [0.25, 0.3) is 0 Å². The van der Waals surface area contributed by atoms with Crippen LogP contribution in [-0.2, 0) is 18.4 Å². The number of ether oxygens (including phenoxy) is 1. The Morgan fingerprint density at radius 2 is 2.00 bits per heavy atom. The van der Waals surface area contributed by atoms with E-state index in [1.165, 1.54) is 12.7 Å². The highest BCUT2D eigenvalue weighted by molar-refractivity contribution is 5.85. The van der Waals surface area contributed by atoms with Gasteiger partial charge in [0.2, 0.25) is 11.8 Å². The molecule has 1 saturated heterocycles. The summed E-state index contributed by atoms with van der Waals surface area (Å²) in [4.78, 5) is 30.3. The Balaban J connectivity index is 1.65. The van der Waals surface area contributed by atoms with Gasteiger partial charge in [-0.15, -0.1) is 0 Å². The molecule has 1 amide bonds. The first kappa shape index (κ1) is 16.8. The second kappa shape index (κ2) is 6.93. The lowest BCUT2D eigenvalue weighted by atomic mass is 9.95. The van der Waals surface area contributed by atoms with E-state index in [4.69, 9.17) is 4.74 Å². The van der Waals surface area contributed by atoms with E-state index in [1.807, 2.05) is 16.5 Å². The van der Waals surface area contributed by atoms with Gasteiger partial charge in [-0.05, 0) is 19.3 Å². The fraction of sp³-hybridized carbons (Fsp3) is 0.556. The van der Waals surface area contributed by atoms with Gasteiger partial charge >= 0.3 is 0 Å². The van der Waals surface area contributed by atoms with E-state index in [0.717, 1.165) is 43.1 Å². The third-order valence-corrected chi connectivity index (χ3v) is 5.26. The van der Waals surface area contributed by atoms with Crippen molar-refractivity contribution in [2.24, 2.45) is 7.05 Å². The zero-order valence-corrected chi connectivity index (χ0v) is 15.3. The second-order valence-corrected chi connectivity index (χ2v) is 6.93. The van der Waals surface area contributed by atoms with Crippen molar-refractivity contribution < 1.29 is 9.53 Å². The lowest BCUT2D eigenvalue weighted by Gasteiger charge is -2.36. The van der Waals surface area contributed by atoms with Gasteiger partial charge in [-0.1, -0.05) is 0 Å². The molecule has 1 fully saturated rings. The summed E-state index contributed by atoms with van der Waals surface area (Å²) in [7, 11) is 3.55. The molecule has 2 aromatic heterocycles. The summed E-state index contributed by atoms with van der Waals surface area (Å²) in [5.74, 6) is 1.23. The number of piperidine rings is 1. The molecule has 0 radical (unpaired) electrons. The van der Waals surface area contributed by atoms with Crippen LogP contribution in [0.2, 0.25) is 0 Å². The predicted octanol–water partition coefficient (Wildman–Crippen LogP) is 1.33. The largest absolute Gasteiger partial charge is 0.481 e. The molecule has 4 rings (SSSR count). The Kier molecular flexibility index (Phi) is 4.48. The minimum Gasteiger partial charge on any atom is -0.481 e. The van der Waals surface area contributed by atoms with Crippen molar-refractivity contribution in [2.75, 3.05) is 31.6 Å². The lowest BCUT2D eigenvalue weighted by Crippen LogP contribution is -2.45. The molecule has 0 aliphatic carbocycles. The number of aromatic nitrogens is 4. The van der Waals surface area contributed by atoms with Crippen molar-refractivity contribution in [2.45, 2.75) is 31.7 Å². The van der Waals surface area contributed by atoms with Crippen molar-refractivity contribution >= 4 is 11.7 Å². The maximum atomic E-state index is 13.3. The molecule has 1 atom stereocenters. The topological polar surface area (TPSA) is 76.4 Å². The number of likely N-dealkylation sites (tertiary alicyclic amines) is 1. The number of carbonyl (C=O) groups is 1. The number of amides is 1. The van der Waals surface area contributed by atoms with Crippen molar-refractivity contribution in [1.82, 2.24) is 24.4 Å². The Morgan fingerprint density at radius 1 is 1.19 bits per heavy atom. The molecule has 4 heterocycles. The Hall–Kier alpha value is -2.64. The summed E-state index contributed by atoms with van der Waals surface area (Å²) < 4.78 is 7.20. The van der Waals surface area contributed by atoms with Crippen LogP contribution in [-0.4, -0.2) is 57.1 Å². The summed E-state index contributed by atoms with van der Waals surface area (Å²) in [6.45, 7) is 2.91. The van der Waals surface area contributed by atoms with Crippen LogP contribution in [0, 0.1) is 0 Å². The molecule has 0 spiro atoms. The minimum absolute atomic E-state index is 0.195. The highest BCUT2D eigenvalue weighted by Gasteiger charge is 2.37. The quantitative estimate of drug-likeness (QED) is 0.826. The number of imidazole rings is 1. The monoisotopic (exact) mass is 356 g/mol. The maximum Gasteiger partial charge on any atom is 0.233 e. The van der Waals surface area contributed by atoms with Gasteiger partial charge in [-0.3, -0.25) is 4.79 Å². The first-order chi connectivity index (χ1) is 12.7. The van der Waals surface area contributed by atoms with Gasteiger partial charge in [0.15, 0.2) is 0 Å². The summed E-state index contributed by atoms with van der Waals surface area (Å²) in [5, 5.41) is 0. The van der Waals surface area contributed by atoms with Crippen LogP contribution in [0.4, 0.5) is 5.82 Å². The summed E-state index contributed by atoms with van der Waals surface area (Å²) in [6, 6.07) is 1.80. The standard InChI is InChI=1S/C18H24N6O2/c1-22-12-21-14-10-24(15-8-16(26-2)20-11-19-15)9-13(17(14)22)18(25)23-6-4-3-5-7-23/h8,11-13H,3-7,9-10H2,1-2H3/t13-/m1/s1. The highest BCUT2D eigenvalue weighted by atomic mass is 16.5. The van der Waals surface area contributed by atoms with E-state index >= 15 is 0 Å². The van der Waals surface area contributed by atoms with Gasteiger partial charge in [0.1, 0.15) is 12.1 Å². The Labute approximate surface area is 152 Å². The first-order valence-electron chi connectivity index (χ1n) is 9.07. The molecule has 2 aromatic rings. The third kappa shape index (κ3) is 3.00. The van der Waals surface area contributed by atoms with Crippen LogP contribution in [0.1, 0.15) is 36.6 Å². The SMILES string of the molecule is COc1cc(N2Cc3ncn(C)c3[C@H](C(=O)N3CCCCC3)C2)ncn1. The normalized spacial score (nSPS) is 20.0. The van der Waals surface area contributed by atoms with Crippen molar-refractivity contribution in [1.29, 1.82) is 0 Å². The molecule has 0 unspecified atom stereocenters. The molecule has 138 valence electrons. The summed E-state index contributed by atoms with van der Waals surface area (Å²) >= 11 is 0. The van der Waals surface area contributed by atoms with Crippen LogP contribution < -0.4 is 9.64 Å². The average Bonchev–Trinajstić information content (AvgIpc) is 3.08. The highest BCUT2D eigenvalue weighted by Crippen LogP contribution is 2.32. The number of aryl methyl sites for hydroxylation is 1. The maximum absolute atomic E-state index is 13.3.